The maximum atomic E-state index is 12.7. The smallest absolute Gasteiger partial charge is 0.251 e. The molecule has 2 aromatic heterocycles. The fourth-order valence-corrected chi connectivity index (χ4v) is 4.93. The second kappa shape index (κ2) is 12.2. The number of carbonyl (C=O) groups excluding carboxylic acids is 1. The standard InChI is InChI=1S/C30H27N5O2S/c1-37-27-12-10-26(11-13-27)35-28(19-22-6-3-2-4-7-22)33-34-30(35)38-21-24-8-5-9-25(18-24)29(36)32-20-23-14-16-31-17-15-23/h2-18H,19-21H2,1H3,(H,32,36). The molecule has 1 amide bonds. The number of hydrogen-bond acceptors (Lipinski definition) is 6. The van der Waals surface area contributed by atoms with Gasteiger partial charge in [-0.2, -0.15) is 0 Å². The number of ether oxygens (including phenoxy) is 1. The Morgan fingerprint density at radius 3 is 2.39 bits per heavy atom. The average molecular weight is 522 g/mol. The van der Waals surface area contributed by atoms with Gasteiger partial charge in [-0.15, -0.1) is 10.2 Å². The third kappa shape index (κ3) is 6.27. The highest BCUT2D eigenvalue weighted by Gasteiger charge is 2.16. The minimum absolute atomic E-state index is 0.111. The van der Waals surface area contributed by atoms with Gasteiger partial charge in [0.2, 0.25) is 0 Å². The number of rotatable bonds is 10. The van der Waals surface area contributed by atoms with Crippen molar-refractivity contribution in [2.24, 2.45) is 0 Å². The Hall–Kier alpha value is -4.43. The highest BCUT2D eigenvalue weighted by molar-refractivity contribution is 7.98. The van der Waals surface area contributed by atoms with E-state index in [1.54, 1.807) is 31.3 Å². The molecule has 0 unspecified atom stereocenters. The number of thioether (sulfide) groups is 1. The predicted molar refractivity (Wildman–Crippen MR) is 149 cm³/mol. The fraction of sp³-hybridized carbons (Fsp3) is 0.133. The summed E-state index contributed by atoms with van der Waals surface area (Å²) < 4.78 is 7.43. The van der Waals surface area contributed by atoms with E-state index in [0.29, 0.717) is 24.3 Å². The van der Waals surface area contributed by atoms with Crippen LogP contribution in [0.5, 0.6) is 5.75 Å². The van der Waals surface area contributed by atoms with E-state index in [1.807, 2.05) is 78.9 Å². The van der Waals surface area contributed by atoms with Crippen LogP contribution in [0, 0.1) is 0 Å². The largest absolute Gasteiger partial charge is 0.497 e. The molecule has 8 heteroatoms. The van der Waals surface area contributed by atoms with Gasteiger partial charge in [0.15, 0.2) is 5.16 Å². The van der Waals surface area contributed by atoms with Crippen molar-refractivity contribution in [3.63, 3.8) is 0 Å². The number of hydrogen-bond donors (Lipinski definition) is 1. The zero-order valence-electron chi connectivity index (χ0n) is 20.9. The van der Waals surface area contributed by atoms with E-state index >= 15 is 0 Å². The van der Waals surface area contributed by atoms with Crippen molar-refractivity contribution in [2.45, 2.75) is 23.9 Å². The summed E-state index contributed by atoms with van der Waals surface area (Å²) in [6, 6.07) is 29.6. The van der Waals surface area contributed by atoms with Gasteiger partial charge in [0.25, 0.3) is 5.91 Å². The van der Waals surface area contributed by atoms with Crippen LogP contribution >= 0.6 is 11.8 Å². The van der Waals surface area contributed by atoms with Crippen molar-refractivity contribution < 1.29 is 9.53 Å². The molecular formula is C30H27N5O2S. The van der Waals surface area contributed by atoms with E-state index < -0.39 is 0 Å². The van der Waals surface area contributed by atoms with E-state index in [1.165, 1.54) is 0 Å². The SMILES string of the molecule is COc1ccc(-n2c(Cc3ccccc3)nnc2SCc2cccc(C(=O)NCc3ccncc3)c2)cc1. The van der Waals surface area contributed by atoms with Gasteiger partial charge in [-0.1, -0.05) is 54.2 Å². The molecule has 0 fully saturated rings. The number of amides is 1. The molecule has 190 valence electrons. The lowest BCUT2D eigenvalue weighted by molar-refractivity contribution is 0.0951. The molecule has 0 atom stereocenters. The summed E-state index contributed by atoms with van der Waals surface area (Å²) in [5.41, 5.74) is 4.79. The zero-order chi connectivity index (χ0) is 26.2. The molecule has 0 aliphatic heterocycles. The van der Waals surface area contributed by atoms with Gasteiger partial charge in [-0.25, -0.2) is 0 Å². The lowest BCUT2D eigenvalue weighted by Gasteiger charge is -2.12. The maximum absolute atomic E-state index is 12.7. The number of benzene rings is 3. The monoisotopic (exact) mass is 521 g/mol. The molecule has 0 saturated carbocycles. The van der Waals surface area contributed by atoms with Crippen molar-refractivity contribution in [2.75, 3.05) is 7.11 Å². The summed E-state index contributed by atoms with van der Waals surface area (Å²) in [6.45, 7) is 0.454. The number of pyridine rings is 1. The topological polar surface area (TPSA) is 81.9 Å². The molecule has 0 aliphatic rings. The number of aromatic nitrogens is 4. The summed E-state index contributed by atoms with van der Waals surface area (Å²) in [4.78, 5) is 16.8. The molecule has 1 N–H and O–H groups in total. The lowest BCUT2D eigenvalue weighted by atomic mass is 10.1. The van der Waals surface area contributed by atoms with Gasteiger partial charge in [0.05, 0.1) is 7.11 Å². The van der Waals surface area contributed by atoms with Crippen molar-refractivity contribution in [3.05, 3.63) is 131 Å². The number of carbonyl (C=O) groups is 1. The minimum Gasteiger partial charge on any atom is -0.497 e. The highest BCUT2D eigenvalue weighted by atomic mass is 32.2. The zero-order valence-corrected chi connectivity index (χ0v) is 21.8. The summed E-state index contributed by atoms with van der Waals surface area (Å²) in [5, 5.41) is 12.8. The number of methoxy groups -OCH3 is 1. The maximum Gasteiger partial charge on any atom is 0.251 e. The first kappa shape index (κ1) is 25.2. The van der Waals surface area contributed by atoms with Crippen LogP contribution in [0.2, 0.25) is 0 Å². The Bertz CT molecular complexity index is 1490. The van der Waals surface area contributed by atoms with Gasteiger partial charge >= 0.3 is 0 Å². The average Bonchev–Trinajstić information content (AvgIpc) is 3.38. The lowest BCUT2D eigenvalue weighted by Crippen LogP contribution is -2.22. The molecule has 38 heavy (non-hydrogen) atoms. The van der Waals surface area contributed by atoms with Crippen LogP contribution in [-0.2, 0) is 18.7 Å². The number of nitrogens with zero attached hydrogens (tertiary/aromatic N) is 4. The van der Waals surface area contributed by atoms with Crippen LogP contribution in [0.25, 0.3) is 5.69 Å². The van der Waals surface area contributed by atoms with Crippen LogP contribution in [0.4, 0.5) is 0 Å². The van der Waals surface area contributed by atoms with E-state index in [-0.39, 0.29) is 5.91 Å². The predicted octanol–water partition coefficient (Wildman–Crippen LogP) is 5.48. The second-order valence-electron chi connectivity index (χ2n) is 8.62. The Kier molecular flexibility index (Phi) is 8.10. The van der Waals surface area contributed by atoms with Crippen LogP contribution in [0.3, 0.4) is 0 Å². The Labute approximate surface area is 225 Å². The molecule has 0 bridgehead atoms. The van der Waals surface area contributed by atoms with Crippen molar-refractivity contribution in [1.29, 1.82) is 0 Å². The third-order valence-electron chi connectivity index (χ3n) is 6.00. The first-order valence-corrected chi connectivity index (χ1v) is 13.2. The summed E-state index contributed by atoms with van der Waals surface area (Å²) in [5.74, 6) is 2.18. The summed E-state index contributed by atoms with van der Waals surface area (Å²) in [7, 11) is 1.66. The van der Waals surface area contributed by atoms with Crippen LogP contribution < -0.4 is 10.1 Å². The van der Waals surface area contributed by atoms with Crippen LogP contribution in [-0.4, -0.2) is 32.8 Å². The molecule has 2 heterocycles. The summed E-state index contributed by atoms with van der Waals surface area (Å²) >= 11 is 1.59. The van der Waals surface area contributed by atoms with Crippen LogP contribution in [0.15, 0.2) is 109 Å². The fourth-order valence-electron chi connectivity index (χ4n) is 4.01. The van der Waals surface area contributed by atoms with Crippen molar-refractivity contribution >= 4 is 17.7 Å². The first-order valence-electron chi connectivity index (χ1n) is 12.2. The van der Waals surface area contributed by atoms with Gasteiger partial charge < -0.3 is 10.1 Å². The second-order valence-corrected chi connectivity index (χ2v) is 9.56. The van der Waals surface area contributed by atoms with Gasteiger partial charge in [0.1, 0.15) is 11.6 Å². The molecule has 0 saturated heterocycles. The highest BCUT2D eigenvalue weighted by Crippen LogP contribution is 2.27. The van der Waals surface area contributed by atoms with Crippen molar-refractivity contribution in [3.8, 4) is 11.4 Å². The first-order chi connectivity index (χ1) is 18.7. The van der Waals surface area contributed by atoms with E-state index in [9.17, 15) is 4.79 Å². The Balaban J connectivity index is 1.33. The normalized spacial score (nSPS) is 10.8. The molecule has 0 aliphatic carbocycles. The van der Waals surface area contributed by atoms with Gasteiger partial charge in [-0.3, -0.25) is 14.3 Å². The van der Waals surface area contributed by atoms with E-state index in [2.05, 4.69) is 37.2 Å². The summed E-state index contributed by atoms with van der Waals surface area (Å²) in [6.07, 6.45) is 4.10. The Morgan fingerprint density at radius 2 is 1.63 bits per heavy atom. The molecule has 3 aromatic carbocycles. The molecule has 5 aromatic rings. The third-order valence-corrected chi connectivity index (χ3v) is 7.00. The van der Waals surface area contributed by atoms with E-state index in [0.717, 1.165) is 39.1 Å². The molecule has 7 nitrogen and oxygen atoms in total. The quantitative estimate of drug-likeness (QED) is 0.245. The van der Waals surface area contributed by atoms with E-state index in [4.69, 9.17) is 4.74 Å². The number of nitrogens with one attached hydrogen (secondary N) is 1. The minimum atomic E-state index is -0.111. The van der Waals surface area contributed by atoms with Gasteiger partial charge in [0, 0.05) is 42.4 Å². The van der Waals surface area contributed by atoms with Gasteiger partial charge in [-0.05, 0) is 65.2 Å². The van der Waals surface area contributed by atoms with Crippen molar-refractivity contribution in [1.82, 2.24) is 25.1 Å². The molecular weight excluding hydrogens is 494 g/mol. The molecule has 0 spiro atoms. The Morgan fingerprint density at radius 1 is 0.868 bits per heavy atom. The molecule has 5 rings (SSSR count). The van der Waals surface area contributed by atoms with Crippen LogP contribution in [0.1, 0.15) is 32.9 Å². The molecule has 0 radical (unpaired) electrons.